The highest BCUT2D eigenvalue weighted by atomic mass is 19.4. The van der Waals surface area contributed by atoms with Gasteiger partial charge in [0.2, 0.25) is 0 Å². The highest BCUT2D eigenvalue weighted by Crippen LogP contribution is 2.38. The Hall–Kier alpha value is -1.98. The van der Waals surface area contributed by atoms with Crippen LogP contribution in [0.4, 0.5) is 13.2 Å². The third kappa shape index (κ3) is 2.79. The van der Waals surface area contributed by atoms with Gasteiger partial charge in [-0.3, -0.25) is 4.79 Å². The summed E-state index contributed by atoms with van der Waals surface area (Å²) in [6.07, 6.45) is -2.26. The van der Waals surface area contributed by atoms with Crippen molar-refractivity contribution < 1.29 is 17.9 Å². The van der Waals surface area contributed by atoms with Crippen LogP contribution in [0.15, 0.2) is 29.1 Å². The van der Waals surface area contributed by atoms with Gasteiger partial charge < -0.3 is 9.72 Å². The molecule has 0 radical (unpaired) electrons. The number of pyridine rings is 1. The third-order valence-corrected chi connectivity index (χ3v) is 3.24. The molecule has 1 aliphatic carbocycles. The molecule has 1 saturated carbocycles. The van der Waals surface area contributed by atoms with Gasteiger partial charge in [0, 0.05) is 22.7 Å². The van der Waals surface area contributed by atoms with Gasteiger partial charge in [-0.25, -0.2) is 0 Å². The number of hydrogen-bond donors (Lipinski definition) is 1. The Kier molecular flexibility index (Phi) is 2.96. The van der Waals surface area contributed by atoms with Crippen LogP contribution < -0.4 is 10.2 Å². The fourth-order valence-corrected chi connectivity index (χ4v) is 2.12. The van der Waals surface area contributed by atoms with Crippen LogP contribution in [0.5, 0.6) is 5.75 Å². The number of aromatic nitrogens is 1. The molecule has 1 heterocycles. The standard InChI is InChI=1S/C14H12F3NO2/c15-14(16,17)7-20-9-3-4-11-10(5-9)13(19)6-12(18-11)8-1-2-8/h3-6,8H,1-2,7H2,(H,18,19). The van der Waals surface area contributed by atoms with Crippen LogP contribution in [-0.2, 0) is 0 Å². The summed E-state index contributed by atoms with van der Waals surface area (Å²) in [5.41, 5.74) is 1.32. The van der Waals surface area contributed by atoms with Gasteiger partial charge in [0.05, 0.1) is 0 Å². The first kappa shape index (κ1) is 13.0. The molecule has 1 aromatic heterocycles. The second-order valence-corrected chi connectivity index (χ2v) is 4.97. The molecule has 1 aromatic carbocycles. The lowest BCUT2D eigenvalue weighted by atomic mass is 10.1. The summed E-state index contributed by atoms with van der Waals surface area (Å²) in [5, 5.41) is 0.342. The molecular weight excluding hydrogens is 271 g/mol. The van der Waals surface area contributed by atoms with E-state index < -0.39 is 12.8 Å². The van der Waals surface area contributed by atoms with E-state index >= 15 is 0 Å². The number of benzene rings is 1. The minimum Gasteiger partial charge on any atom is -0.484 e. The number of alkyl halides is 3. The van der Waals surface area contributed by atoms with E-state index in [2.05, 4.69) is 9.72 Å². The van der Waals surface area contributed by atoms with Crippen molar-refractivity contribution in [1.82, 2.24) is 4.98 Å². The molecule has 1 aliphatic rings. The first-order valence-electron chi connectivity index (χ1n) is 6.29. The van der Waals surface area contributed by atoms with Crippen molar-refractivity contribution in [1.29, 1.82) is 0 Å². The maximum atomic E-state index is 12.1. The predicted octanol–water partition coefficient (Wildman–Crippen LogP) is 3.35. The molecule has 0 saturated heterocycles. The average molecular weight is 283 g/mol. The van der Waals surface area contributed by atoms with Gasteiger partial charge in [-0.2, -0.15) is 13.2 Å². The number of fused-ring (bicyclic) bond motifs is 1. The topological polar surface area (TPSA) is 42.1 Å². The number of rotatable bonds is 3. The van der Waals surface area contributed by atoms with Gasteiger partial charge in [-0.15, -0.1) is 0 Å². The summed E-state index contributed by atoms with van der Waals surface area (Å²) in [7, 11) is 0. The van der Waals surface area contributed by atoms with Crippen LogP contribution in [0.2, 0.25) is 0 Å². The van der Waals surface area contributed by atoms with E-state index in [9.17, 15) is 18.0 Å². The van der Waals surface area contributed by atoms with Crippen LogP contribution in [-0.4, -0.2) is 17.8 Å². The molecule has 3 rings (SSSR count). The lowest BCUT2D eigenvalue weighted by Gasteiger charge is -2.10. The van der Waals surface area contributed by atoms with Gasteiger partial charge in [0.1, 0.15) is 5.75 Å². The SMILES string of the molecule is O=c1cc(C2CC2)[nH]c2ccc(OCC(F)(F)F)cc12. The third-order valence-electron chi connectivity index (χ3n) is 3.24. The molecule has 20 heavy (non-hydrogen) atoms. The number of hydrogen-bond acceptors (Lipinski definition) is 2. The van der Waals surface area contributed by atoms with Crippen LogP contribution >= 0.6 is 0 Å². The summed E-state index contributed by atoms with van der Waals surface area (Å²) in [6, 6.07) is 5.87. The molecule has 0 atom stereocenters. The van der Waals surface area contributed by atoms with Gasteiger partial charge in [0.15, 0.2) is 12.0 Å². The normalized spacial score (nSPS) is 15.6. The smallest absolute Gasteiger partial charge is 0.422 e. The minimum atomic E-state index is -4.39. The molecule has 0 amide bonds. The van der Waals surface area contributed by atoms with Crippen molar-refractivity contribution in [2.75, 3.05) is 6.61 Å². The monoisotopic (exact) mass is 283 g/mol. The highest BCUT2D eigenvalue weighted by molar-refractivity contribution is 5.80. The van der Waals surface area contributed by atoms with Gasteiger partial charge in [-0.05, 0) is 37.0 Å². The van der Waals surface area contributed by atoms with Gasteiger partial charge >= 0.3 is 6.18 Å². The lowest BCUT2D eigenvalue weighted by molar-refractivity contribution is -0.153. The Morgan fingerprint density at radius 3 is 2.65 bits per heavy atom. The second-order valence-electron chi connectivity index (χ2n) is 4.97. The van der Waals surface area contributed by atoms with Crippen molar-refractivity contribution in [3.05, 3.63) is 40.2 Å². The maximum Gasteiger partial charge on any atom is 0.422 e. The fourth-order valence-electron chi connectivity index (χ4n) is 2.12. The van der Waals surface area contributed by atoms with E-state index in [1.54, 1.807) is 6.07 Å². The molecule has 0 spiro atoms. The van der Waals surface area contributed by atoms with E-state index in [0.29, 0.717) is 16.8 Å². The zero-order valence-electron chi connectivity index (χ0n) is 10.5. The van der Waals surface area contributed by atoms with Crippen molar-refractivity contribution in [3.63, 3.8) is 0 Å². The number of H-pyrrole nitrogens is 1. The van der Waals surface area contributed by atoms with E-state index in [4.69, 9.17) is 0 Å². The fraction of sp³-hybridized carbons (Fsp3) is 0.357. The Balaban J connectivity index is 1.93. The summed E-state index contributed by atoms with van der Waals surface area (Å²) in [5.74, 6) is 0.452. The Morgan fingerprint density at radius 1 is 1.25 bits per heavy atom. The van der Waals surface area contributed by atoms with Crippen molar-refractivity contribution in [2.45, 2.75) is 24.9 Å². The van der Waals surface area contributed by atoms with Crippen LogP contribution in [0.3, 0.4) is 0 Å². The first-order valence-corrected chi connectivity index (χ1v) is 6.29. The lowest BCUT2D eigenvalue weighted by Crippen LogP contribution is -2.19. The van der Waals surface area contributed by atoms with Crippen LogP contribution in [0.25, 0.3) is 10.9 Å². The van der Waals surface area contributed by atoms with E-state index in [1.807, 2.05) is 0 Å². The Labute approximate surface area is 112 Å². The molecule has 0 unspecified atom stereocenters. The summed E-state index contributed by atoms with van der Waals surface area (Å²) in [4.78, 5) is 15.1. The maximum absolute atomic E-state index is 12.1. The molecule has 2 aromatic rings. The zero-order chi connectivity index (χ0) is 14.3. The molecule has 1 N–H and O–H groups in total. The molecule has 1 fully saturated rings. The molecule has 106 valence electrons. The molecular formula is C14H12F3NO2. The average Bonchev–Trinajstić information content (AvgIpc) is 3.20. The van der Waals surface area contributed by atoms with Crippen molar-refractivity contribution in [2.24, 2.45) is 0 Å². The highest BCUT2D eigenvalue weighted by Gasteiger charge is 2.28. The number of nitrogens with one attached hydrogen (secondary N) is 1. The van der Waals surface area contributed by atoms with E-state index in [-0.39, 0.29) is 11.2 Å². The molecule has 3 nitrogen and oxygen atoms in total. The molecule has 0 aliphatic heterocycles. The zero-order valence-corrected chi connectivity index (χ0v) is 10.5. The number of aromatic amines is 1. The Morgan fingerprint density at radius 2 is 2.00 bits per heavy atom. The first-order chi connectivity index (χ1) is 9.42. The largest absolute Gasteiger partial charge is 0.484 e. The second kappa shape index (κ2) is 4.54. The quantitative estimate of drug-likeness (QED) is 0.938. The number of ether oxygens (including phenoxy) is 1. The van der Waals surface area contributed by atoms with Gasteiger partial charge in [-0.1, -0.05) is 0 Å². The summed E-state index contributed by atoms with van der Waals surface area (Å²) < 4.78 is 40.9. The summed E-state index contributed by atoms with van der Waals surface area (Å²) in [6.45, 7) is -1.36. The molecule has 0 bridgehead atoms. The minimum absolute atomic E-state index is 0.0412. The van der Waals surface area contributed by atoms with E-state index in [1.165, 1.54) is 18.2 Å². The van der Waals surface area contributed by atoms with Crippen molar-refractivity contribution >= 4 is 10.9 Å². The van der Waals surface area contributed by atoms with Crippen LogP contribution in [0, 0.1) is 0 Å². The summed E-state index contributed by atoms with van der Waals surface area (Å²) >= 11 is 0. The Bertz CT molecular complexity index is 702. The van der Waals surface area contributed by atoms with Crippen LogP contribution in [0.1, 0.15) is 24.5 Å². The number of halogens is 3. The van der Waals surface area contributed by atoms with Gasteiger partial charge in [0.25, 0.3) is 0 Å². The van der Waals surface area contributed by atoms with Crippen molar-refractivity contribution in [3.8, 4) is 5.75 Å². The van der Waals surface area contributed by atoms with E-state index in [0.717, 1.165) is 18.5 Å². The molecule has 6 heteroatoms. The predicted molar refractivity (Wildman–Crippen MR) is 68.1 cm³/mol.